The van der Waals surface area contributed by atoms with E-state index in [0.29, 0.717) is 30.5 Å². The molecule has 0 aliphatic carbocycles. The van der Waals surface area contributed by atoms with Gasteiger partial charge in [0, 0.05) is 25.3 Å². The first-order chi connectivity index (χ1) is 11.2. The van der Waals surface area contributed by atoms with Gasteiger partial charge in [-0.05, 0) is 24.9 Å². The highest BCUT2D eigenvalue weighted by Crippen LogP contribution is 2.20. The predicted molar refractivity (Wildman–Crippen MR) is 86.8 cm³/mol. The van der Waals surface area contributed by atoms with E-state index >= 15 is 0 Å². The number of nitrogens with zero attached hydrogens (tertiary/aromatic N) is 3. The number of likely N-dealkylation sites (tertiary alicyclic amines) is 1. The van der Waals surface area contributed by atoms with Crippen LogP contribution in [0.25, 0.3) is 0 Å². The van der Waals surface area contributed by atoms with Crippen molar-refractivity contribution in [3.63, 3.8) is 0 Å². The summed E-state index contributed by atoms with van der Waals surface area (Å²) in [5, 5.41) is 8.08. The lowest BCUT2D eigenvalue weighted by Crippen LogP contribution is -2.38. The molecular formula is C18H23N3O2. The Hall–Kier alpha value is -2.01. The Kier molecular flexibility index (Phi) is 5.18. The van der Waals surface area contributed by atoms with E-state index in [-0.39, 0.29) is 5.92 Å². The van der Waals surface area contributed by atoms with Gasteiger partial charge in [-0.25, -0.2) is 0 Å². The molecule has 1 aromatic heterocycles. The molecule has 1 aromatic carbocycles. The van der Waals surface area contributed by atoms with Crippen LogP contribution in [-0.4, -0.2) is 34.0 Å². The van der Waals surface area contributed by atoms with Crippen molar-refractivity contribution in [3.8, 4) is 0 Å². The first-order valence-electron chi connectivity index (χ1n) is 8.35. The van der Waals surface area contributed by atoms with Crippen molar-refractivity contribution in [1.29, 1.82) is 0 Å². The molecule has 1 aliphatic rings. The molecule has 1 saturated heterocycles. The van der Waals surface area contributed by atoms with Gasteiger partial charge in [-0.1, -0.05) is 37.3 Å². The van der Waals surface area contributed by atoms with Gasteiger partial charge in [-0.15, -0.1) is 10.2 Å². The summed E-state index contributed by atoms with van der Waals surface area (Å²) >= 11 is 0. The second kappa shape index (κ2) is 7.51. The lowest BCUT2D eigenvalue weighted by molar-refractivity contribution is -0.124. The fourth-order valence-electron chi connectivity index (χ4n) is 3.09. The van der Waals surface area contributed by atoms with E-state index in [1.807, 2.05) is 37.3 Å². The molecule has 122 valence electrons. The standard InChI is InChI=1S/C18H23N3O2/c1-2-17-19-20-18(23-17)13-21-10-6-9-15(12-21)16(22)11-14-7-4-3-5-8-14/h3-5,7-8,15H,2,6,9-13H2,1H3/t15-/m1/s1. The van der Waals surface area contributed by atoms with Crippen LogP contribution in [0, 0.1) is 5.92 Å². The summed E-state index contributed by atoms with van der Waals surface area (Å²) in [5.41, 5.74) is 1.10. The van der Waals surface area contributed by atoms with Gasteiger partial charge in [0.25, 0.3) is 0 Å². The van der Waals surface area contributed by atoms with Crippen LogP contribution in [0.15, 0.2) is 34.7 Å². The number of ketones is 1. The molecule has 0 unspecified atom stereocenters. The Bertz CT molecular complexity index is 639. The first kappa shape index (κ1) is 15.9. The van der Waals surface area contributed by atoms with Crippen molar-refractivity contribution < 1.29 is 9.21 Å². The van der Waals surface area contributed by atoms with Crippen LogP contribution >= 0.6 is 0 Å². The van der Waals surface area contributed by atoms with Crippen molar-refractivity contribution in [2.75, 3.05) is 13.1 Å². The van der Waals surface area contributed by atoms with Crippen molar-refractivity contribution in [2.24, 2.45) is 5.92 Å². The van der Waals surface area contributed by atoms with Gasteiger partial charge < -0.3 is 4.42 Å². The van der Waals surface area contributed by atoms with E-state index in [4.69, 9.17) is 4.42 Å². The number of hydrogen-bond acceptors (Lipinski definition) is 5. The lowest BCUT2D eigenvalue weighted by Gasteiger charge is -2.30. The molecule has 5 heteroatoms. The molecule has 23 heavy (non-hydrogen) atoms. The van der Waals surface area contributed by atoms with Gasteiger partial charge in [0.05, 0.1) is 6.54 Å². The van der Waals surface area contributed by atoms with Gasteiger partial charge in [-0.3, -0.25) is 9.69 Å². The summed E-state index contributed by atoms with van der Waals surface area (Å²) in [5.74, 6) is 1.77. The highest BCUT2D eigenvalue weighted by atomic mass is 16.4. The van der Waals surface area contributed by atoms with Gasteiger partial charge in [0.15, 0.2) is 0 Å². The highest BCUT2D eigenvalue weighted by molar-refractivity contribution is 5.83. The number of hydrogen-bond donors (Lipinski definition) is 0. The van der Waals surface area contributed by atoms with Gasteiger partial charge in [0.2, 0.25) is 11.8 Å². The van der Waals surface area contributed by atoms with E-state index in [9.17, 15) is 4.79 Å². The van der Waals surface area contributed by atoms with Crippen molar-refractivity contribution in [1.82, 2.24) is 15.1 Å². The van der Waals surface area contributed by atoms with Crippen LogP contribution in [-0.2, 0) is 24.2 Å². The topological polar surface area (TPSA) is 59.2 Å². The van der Waals surface area contributed by atoms with Crippen LogP contribution in [0.5, 0.6) is 0 Å². The van der Waals surface area contributed by atoms with E-state index in [1.54, 1.807) is 0 Å². The SMILES string of the molecule is CCc1nnc(CN2CCC[C@@H](C(=O)Cc3ccccc3)C2)o1. The Morgan fingerprint density at radius 2 is 2.04 bits per heavy atom. The smallest absolute Gasteiger partial charge is 0.230 e. The Balaban J connectivity index is 1.56. The molecule has 5 nitrogen and oxygen atoms in total. The summed E-state index contributed by atoms with van der Waals surface area (Å²) in [7, 11) is 0. The first-order valence-corrected chi connectivity index (χ1v) is 8.35. The average Bonchev–Trinajstić information content (AvgIpc) is 3.03. The molecule has 2 heterocycles. The second-order valence-corrected chi connectivity index (χ2v) is 6.15. The van der Waals surface area contributed by atoms with Gasteiger partial charge in [0.1, 0.15) is 5.78 Å². The van der Waals surface area contributed by atoms with E-state index in [1.165, 1.54) is 0 Å². The van der Waals surface area contributed by atoms with Crippen molar-refractivity contribution >= 4 is 5.78 Å². The second-order valence-electron chi connectivity index (χ2n) is 6.15. The molecule has 0 saturated carbocycles. The Morgan fingerprint density at radius 3 is 2.78 bits per heavy atom. The molecule has 2 aromatic rings. The lowest BCUT2D eigenvalue weighted by atomic mass is 9.90. The zero-order valence-electron chi connectivity index (χ0n) is 13.6. The summed E-state index contributed by atoms with van der Waals surface area (Å²) < 4.78 is 5.58. The summed E-state index contributed by atoms with van der Waals surface area (Å²) in [4.78, 5) is 14.8. The molecular weight excluding hydrogens is 290 g/mol. The zero-order valence-corrected chi connectivity index (χ0v) is 13.6. The molecule has 0 amide bonds. The summed E-state index contributed by atoms with van der Waals surface area (Å²) in [6.45, 7) is 4.41. The van der Waals surface area contributed by atoms with Gasteiger partial charge >= 0.3 is 0 Å². The number of aryl methyl sites for hydroxylation is 1. The Labute approximate surface area is 136 Å². The third-order valence-corrected chi connectivity index (χ3v) is 4.35. The predicted octanol–water partition coefficient (Wildman–Crippen LogP) is 2.66. The van der Waals surface area contributed by atoms with Crippen molar-refractivity contribution in [3.05, 3.63) is 47.7 Å². The largest absolute Gasteiger partial charge is 0.424 e. The number of carbonyl (C=O) groups is 1. The molecule has 0 radical (unpaired) electrons. The molecule has 0 spiro atoms. The monoisotopic (exact) mass is 313 g/mol. The molecule has 3 rings (SSSR count). The minimum absolute atomic E-state index is 0.109. The zero-order chi connectivity index (χ0) is 16.1. The van der Waals surface area contributed by atoms with E-state index < -0.39 is 0 Å². The van der Waals surface area contributed by atoms with Crippen LogP contribution in [0.2, 0.25) is 0 Å². The van der Waals surface area contributed by atoms with Gasteiger partial charge in [-0.2, -0.15) is 0 Å². The average molecular weight is 313 g/mol. The quantitative estimate of drug-likeness (QED) is 0.820. The number of Topliss-reactive ketones (excluding diaryl/α,β-unsaturated/α-hetero) is 1. The maximum absolute atomic E-state index is 12.5. The van der Waals surface area contributed by atoms with E-state index in [2.05, 4.69) is 15.1 Å². The number of carbonyl (C=O) groups excluding carboxylic acids is 1. The number of piperidine rings is 1. The van der Waals surface area contributed by atoms with Crippen molar-refractivity contribution in [2.45, 2.75) is 39.2 Å². The van der Waals surface area contributed by atoms with Crippen LogP contribution in [0.3, 0.4) is 0 Å². The van der Waals surface area contributed by atoms with E-state index in [0.717, 1.165) is 37.9 Å². The maximum Gasteiger partial charge on any atom is 0.230 e. The molecule has 1 atom stereocenters. The number of aromatic nitrogens is 2. The molecule has 0 N–H and O–H groups in total. The fraction of sp³-hybridized carbons (Fsp3) is 0.500. The molecule has 1 fully saturated rings. The number of benzene rings is 1. The minimum atomic E-state index is 0.109. The van der Waals surface area contributed by atoms with Crippen LogP contribution < -0.4 is 0 Å². The minimum Gasteiger partial charge on any atom is -0.424 e. The molecule has 0 bridgehead atoms. The third-order valence-electron chi connectivity index (χ3n) is 4.35. The van der Waals surface area contributed by atoms with Crippen LogP contribution in [0.1, 0.15) is 37.1 Å². The fourth-order valence-corrected chi connectivity index (χ4v) is 3.09. The van der Waals surface area contributed by atoms with Crippen LogP contribution in [0.4, 0.5) is 0 Å². The summed E-state index contributed by atoms with van der Waals surface area (Å²) in [6, 6.07) is 9.98. The third kappa shape index (κ3) is 4.26. The normalized spacial score (nSPS) is 18.9. The Morgan fingerprint density at radius 1 is 1.26 bits per heavy atom. The molecule has 1 aliphatic heterocycles. The maximum atomic E-state index is 12.5. The highest BCUT2D eigenvalue weighted by Gasteiger charge is 2.26. The summed E-state index contributed by atoms with van der Waals surface area (Å²) in [6.07, 6.45) is 3.30. The number of rotatable bonds is 6.